The number of hydrogen-bond acceptors (Lipinski definition) is 6. The molecule has 0 aromatic carbocycles. The number of carbonyl (C=O) groups is 1. The molecule has 0 radical (unpaired) electrons. The molecule has 7 nitrogen and oxygen atoms in total. The van der Waals surface area contributed by atoms with Gasteiger partial charge in [0, 0.05) is 18.8 Å². The predicted octanol–water partition coefficient (Wildman–Crippen LogP) is 1.57. The molecule has 2 heterocycles. The predicted molar refractivity (Wildman–Crippen MR) is 73.4 cm³/mol. The van der Waals surface area contributed by atoms with Crippen LogP contribution >= 0.6 is 0 Å². The second kappa shape index (κ2) is 7.03. The molecule has 0 bridgehead atoms. The van der Waals surface area contributed by atoms with Crippen molar-refractivity contribution < 1.29 is 18.8 Å². The minimum atomic E-state index is -0.540. The van der Waals surface area contributed by atoms with E-state index >= 15 is 0 Å². The molecule has 0 saturated carbocycles. The number of aliphatic hydroxyl groups is 1. The first-order valence-electron chi connectivity index (χ1n) is 6.86. The fourth-order valence-corrected chi connectivity index (χ4v) is 1.79. The van der Waals surface area contributed by atoms with Gasteiger partial charge < -0.3 is 19.4 Å². The average molecular weight is 293 g/mol. The molecule has 0 aliphatic carbocycles. The number of amides is 1. The van der Waals surface area contributed by atoms with Gasteiger partial charge in [0.05, 0.1) is 12.9 Å². The van der Waals surface area contributed by atoms with Crippen molar-refractivity contribution in [2.45, 2.75) is 38.6 Å². The van der Waals surface area contributed by atoms with Crippen molar-refractivity contribution in [3.8, 4) is 0 Å². The molecule has 0 spiro atoms. The second-order valence-electron chi connectivity index (χ2n) is 5.02. The first-order chi connectivity index (χ1) is 10.1. The lowest BCUT2D eigenvalue weighted by atomic mass is 10.2. The SMILES string of the molecule is CC(C)c1noc(CCC(=O)NC(CO)c2ccco2)n1. The summed E-state index contributed by atoms with van der Waals surface area (Å²) in [6.07, 6.45) is 2.06. The Morgan fingerprint density at radius 1 is 1.48 bits per heavy atom. The van der Waals surface area contributed by atoms with E-state index < -0.39 is 6.04 Å². The van der Waals surface area contributed by atoms with Crippen LogP contribution in [0.4, 0.5) is 0 Å². The molecule has 2 N–H and O–H groups in total. The van der Waals surface area contributed by atoms with Crippen molar-refractivity contribution >= 4 is 5.91 Å². The number of nitrogens with zero attached hydrogens (tertiary/aromatic N) is 2. The zero-order valence-corrected chi connectivity index (χ0v) is 12.1. The number of aryl methyl sites for hydroxylation is 1. The van der Waals surface area contributed by atoms with Gasteiger partial charge in [0.25, 0.3) is 0 Å². The lowest BCUT2D eigenvalue weighted by molar-refractivity contribution is -0.122. The molecule has 2 aromatic rings. The van der Waals surface area contributed by atoms with E-state index in [1.54, 1.807) is 12.1 Å². The second-order valence-corrected chi connectivity index (χ2v) is 5.02. The quantitative estimate of drug-likeness (QED) is 0.803. The number of furan rings is 1. The summed E-state index contributed by atoms with van der Waals surface area (Å²) in [5, 5.41) is 15.8. The number of aromatic nitrogens is 2. The molecular weight excluding hydrogens is 274 g/mol. The van der Waals surface area contributed by atoms with Gasteiger partial charge in [-0.05, 0) is 12.1 Å². The minimum absolute atomic E-state index is 0.189. The zero-order chi connectivity index (χ0) is 15.2. The van der Waals surface area contributed by atoms with Crippen LogP contribution < -0.4 is 5.32 Å². The maximum Gasteiger partial charge on any atom is 0.227 e. The van der Waals surface area contributed by atoms with E-state index in [-0.39, 0.29) is 24.9 Å². The van der Waals surface area contributed by atoms with E-state index in [2.05, 4.69) is 15.5 Å². The average Bonchev–Trinajstić information content (AvgIpc) is 3.13. The van der Waals surface area contributed by atoms with Crippen LogP contribution in [0.25, 0.3) is 0 Å². The molecule has 0 aliphatic heterocycles. The highest BCUT2D eigenvalue weighted by Gasteiger charge is 2.17. The first-order valence-corrected chi connectivity index (χ1v) is 6.86. The largest absolute Gasteiger partial charge is 0.467 e. The van der Waals surface area contributed by atoms with Gasteiger partial charge in [-0.25, -0.2) is 0 Å². The lowest BCUT2D eigenvalue weighted by Crippen LogP contribution is -2.30. The molecular formula is C14H19N3O4. The Morgan fingerprint density at radius 3 is 2.86 bits per heavy atom. The molecule has 0 fully saturated rings. The summed E-state index contributed by atoms with van der Waals surface area (Å²) < 4.78 is 10.2. The summed E-state index contributed by atoms with van der Waals surface area (Å²) in [7, 11) is 0. The van der Waals surface area contributed by atoms with Gasteiger partial charge in [-0.15, -0.1) is 0 Å². The smallest absolute Gasteiger partial charge is 0.227 e. The van der Waals surface area contributed by atoms with Crippen LogP contribution in [0.2, 0.25) is 0 Å². The lowest BCUT2D eigenvalue weighted by Gasteiger charge is -2.13. The van der Waals surface area contributed by atoms with Gasteiger partial charge in [-0.1, -0.05) is 19.0 Å². The fourth-order valence-electron chi connectivity index (χ4n) is 1.79. The highest BCUT2D eigenvalue weighted by molar-refractivity contribution is 5.76. The third kappa shape index (κ3) is 4.16. The van der Waals surface area contributed by atoms with Crippen LogP contribution in [0.1, 0.15) is 49.7 Å². The van der Waals surface area contributed by atoms with E-state index in [1.165, 1.54) is 6.26 Å². The molecule has 7 heteroatoms. The summed E-state index contributed by atoms with van der Waals surface area (Å²) in [5.41, 5.74) is 0. The van der Waals surface area contributed by atoms with E-state index in [1.807, 2.05) is 13.8 Å². The van der Waals surface area contributed by atoms with Gasteiger partial charge in [-0.3, -0.25) is 4.79 Å². The van der Waals surface area contributed by atoms with Crippen LogP contribution in [-0.4, -0.2) is 27.8 Å². The minimum Gasteiger partial charge on any atom is -0.467 e. The Morgan fingerprint density at radius 2 is 2.29 bits per heavy atom. The van der Waals surface area contributed by atoms with Crippen LogP contribution in [0.3, 0.4) is 0 Å². The summed E-state index contributed by atoms with van der Waals surface area (Å²) in [4.78, 5) is 16.1. The van der Waals surface area contributed by atoms with Crippen molar-refractivity contribution in [2.24, 2.45) is 0 Å². The van der Waals surface area contributed by atoms with Gasteiger partial charge >= 0.3 is 0 Å². The van der Waals surface area contributed by atoms with Crippen LogP contribution in [0.5, 0.6) is 0 Å². The van der Waals surface area contributed by atoms with Crippen LogP contribution in [0.15, 0.2) is 27.3 Å². The summed E-state index contributed by atoms with van der Waals surface area (Å²) >= 11 is 0. The van der Waals surface area contributed by atoms with Gasteiger partial charge in [0.1, 0.15) is 11.8 Å². The van der Waals surface area contributed by atoms with Crippen molar-refractivity contribution in [1.82, 2.24) is 15.5 Å². The molecule has 2 aromatic heterocycles. The van der Waals surface area contributed by atoms with Gasteiger partial charge in [0.15, 0.2) is 5.82 Å². The van der Waals surface area contributed by atoms with Gasteiger partial charge in [-0.2, -0.15) is 4.98 Å². The molecule has 1 unspecified atom stereocenters. The summed E-state index contributed by atoms with van der Waals surface area (Å²) in [6.45, 7) is 3.71. The van der Waals surface area contributed by atoms with Crippen molar-refractivity contribution in [2.75, 3.05) is 6.61 Å². The highest BCUT2D eigenvalue weighted by atomic mass is 16.5. The molecule has 21 heavy (non-hydrogen) atoms. The zero-order valence-electron chi connectivity index (χ0n) is 12.1. The molecule has 114 valence electrons. The van der Waals surface area contributed by atoms with E-state index in [9.17, 15) is 9.90 Å². The third-order valence-electron chi connectivity index (χ3n) is 2.97. The molecule has 1 atom stereocenters. The number of carbonyl (C=O) groups excluding carboxylic acids is 1. The number of nitrogens with one attached hydrogen (secondary N) is 1. The molecule has 1 amide bonds. The topological polar surface area (TPSA) is 101 Å². The van der Waals surface area contributed by atoms with E-state index in [0.717, 1.165) is 0 Å². The molecule has 2 rings (SSSR count). The Labute approximate surface area is 122 Å². The van der Waals surface area contributed by atoms with Crippen LogP contribution in [-0.2, 0) is 11.2 Å². The van der Waals surface area contributed by atoms with E-state index in [4.69, 9.17) is 8.94 Å². The van der Waals surface area contributed by atoms with Crippen molar-refractivity contribution in [1.29, 1.82) is 0 Å². The van der Waals surface area contributed by atoms with E-state index in [0.29, 0.717) is 23.9 Å². The number of hydrogen-bond donors (Lipinski definition) is 2. The maximum atomic E-state index is 11.9. The van der Waals surface area contributed by atoms with Gasteiger partial charge in [0.2, 0.25) is 11.8 Å². The number of rotatable bonds is 7. The first kappa shape index (κ1) is 15.2. The summed E-state index contributed by atoms with van der Waals surface area (Å²) in [6, 6.07) is 2.87. The highest BCUT2D eigenvalue weighted by Crippen LogP contribution is 2.14. The fraction of sp³-hybridized carbons (Fsp3) is 0.500. The Balaban J connectivity index is 1.83. The van der Waals surface area contributed by atoms with Crippen molar-refractivity contribution in [3.63, 3.8) is 0 Å². The third-order valence-corrected chi connectivity index (χ3v) is 2.97. The Bertz CT molecular complexity index is 563. The molecule has 0 aliphatic rings. The van der Waals surface area contributed by atoms with Crippen LogP contribution in [0, 0.1) is 0 Å². The van der Waals surface area contributed by atoms with Crippen molar-refractivity contribution in [3.05, 3.63) is 35.9 Å². The maximum absolute atomic E-state index is 11.9. The Hall–Kier alpha value is -2.15. The molecule has 0 saturated heterocycles. The summed E-state index contributed by atoms with van der Waals surface area (Å²) in [5.74, 6) is 1.57. The Kier molecular flexibility index (Phi) is 5.10. The standard InChI is InChI=1S/C14H19N3O4/c1-9(2)14-16-13(21-17-14)6-5-12(19)15-10(8-18)11-4-3-7-20-11/h3-4,7,9-10,18H,5-6,8H2,1-2H3,(H,15,19). The normalized spacial score (nSPS) is 12.6. The monoisotopic (exact) mass is 293 g/mol. The number of aliphatic hydroxyl groups excluding tert-OH is 1.